The Morgan fingerprint density at radius 1 is 1.20 bits per heavy atom. The molecule has 1 unspecified atom stereocenters. The highest BCUT2D eigenvalue weighted by Crippen LogP contribution is 2.38. The first kappa shape index (κ1) is 15.1. The Labute approximate surface area is 122 Å². The average Bonchev–Trinajstić information content (AvgIpc) is 2.41. The van der Waals surface area contributed by atoms with Crippen molar-refractivity contribution in [1.29, 1.82) is 0 Å². The van der Waals surface area contributed by atoms with E-state index in [1.807, 2.05) is 6.92 Å². The van der Waals surface area contributed by atoms with E-state index in [2.05, 4.69) is 32.0 Å². The van der Waals surface area contributed by atoms with Crippen LogP contribution in [0.3, 0.4) is 0 Å². The summed E-state index contributed by atoms with van der Waals surface area (Å²) in [6, 6.07) is 6.35. The van der Waals surface area contributed by atoms with Crippen molar-refractivity contribution >= 4 is 5.97 Å². The van der Waals surface area contributed by atoms with Gasteiger partial charge in [-0.2, -0.15) is 0 Å². The number of carboxylic acids is 1. The highest BCUT2D eigenvalue weighted by atomic mass is 16.4. The van der Waals surface area contributed by atoms with Crippen molar-refractivity contribution in [2.24, 2.45) is 5.92 Å². The molecule has 1 aliphatic carbocycles. The van der Waals surface area contributed by atoms with Gasteiger partial charge in [-0.15, -0.1) is 0 Å². The molecule has 0 amide bonds. The van der Waals surface area contributed by atoms with Gasteiger partial charge in [-0.3, -0.25) is 4.79 Å². The van der Waals surface area contributed by atoms with Crippen molar-refractivity contribution in [3.8, 4) is 0 Å². The van der Waals surface area contributed by atoms with Gasteiger partial charge in [-0.05, 0) is 48.3 Å². The van der Waals surface area contributed by atoms with Crippen LogP contribution in [0.25, 0.3) is 0 Å². The predicted molar refractivity (Wildman–Crippen MR) is 82.2 cm³/mol. The molecular weight excluding hydrogens is 248 g/mol. The quantitative estimate of drug-likeness (QED) is 0.850. The summed E-state index contributed by atoms with van der Waals surface area (Å²) in [5.41, 5.74) is 3.40. The largest absolute Gasteiger partial charge is 0.481 e. The van der Waals surface area contributed by atoms with E-state index in [0.717, 1.165) is 24.0 Å². The predicted octanol–water partition coefficient (Wildman–Crippen LogP) is 4.87. The fourth-order valence-corrected chi connectivity index (χ4v) is 3.41. The second-order valence-electron chi connectivity index (χ2n) is 6.48. The smallest absolute Gasteiger partial charge is 0.311 e. The second kappa shape index (κ2) is 6.43. The topological polar surface area (TPSA) is 37.3 Å². The van der Waals surface area contributed by atoms with E-state index in [4.69, 9.17) is 0 Å². The minimum Gasteiger partial charge on any atom is -0.481 e. The summed E-state index contributed by atoms with van der Waals surface area (Å²) in [6.45, 7) is 6.36. The van der Waals surface area contributed by atoms with Crippen LogP contribution in [-0.4, -0.2) is 11.1 Å². The van der Waals surface area contributed by atoms with E-state index in [1.165, 1.54) is 24.8 Å². The molecule has 1 N–H and O–H groups in total. The number of carboxylic acid groups (broad SMARTS) is 1. The number of benzene rings is 1. The SMILES string of the molecule is Cc1ccc(C(C)C)cc1C(C(=O)O)C1CCCCC1. The van der Waals surface area contributed by atoms with Crippen molar-refractivity contribution in [2.75, 3.05) is 0 Å². The van der Waals surface area contributed by atoms with Gasteiger partial charge in [-0.1, -0.05) is 51.3 Å². The van der Waals surface area contributed by atoms with Crippen molar-refractivity contribution in [2.45, 2.75) is 64.7 Å². The molecule has 2 heteroatoms. The number of hydrogen-bond donors (Lipinski definition) is 1. The monoisotopic (exact) mass is 274 g/mol. The Kier molecular flexibility index (Phi) is 4.85. The molecule has 0 aliphatic heterocycles. The maximum Gasteiger partial charge on any atom is 0.311 e. The minimum absolute atomic E-state index is 0.308. The molecule has 1 aromatic rings. The molecule has 20 heavy (non-hydrogen) atoms. The zero-order valence-electron chi connectivity index (χ0n) is 12.9. The summed E-state index contributed by atoms with van der Waals surface area (Å²) in [6.07, 6.45) is 5.73. The maximum atomic E-state index is 11.8. The number of hydrogen-bond acceptors (Lipinski definition) is 1. The van der Waals surface area contributed by atoms with Gasteiger partial charge >= 0.3 is 5.97 Å². The van der Waals surface area contributed by atoms with E-state index in [9.17, 15) is 9.90 Å². The normalized spacial score (nSPS) is 18.2. The van der Waals surface area contributed by atoms with Gasteiger partial charge in [0.2, 0.25) is 0 Å². The Morgan fingerprint density at radius 2 is 1.85 bits per heavy atom. The third-order valence-corrected chi connectivity index (χ3v) is 4.69. The molecule has 1 aliphatic rings. The summed E-state index contributed by atoms with van der Waals surface area (Å²) in [4.78, 5) is 11.8. The first-order valence-corrected chi connectivity index (χ1v) is 7.84. The molecule has 1 atom stereocenters. The molecular formula is C18H26O2. The first-order valence-electron chi connectivity index (χ1n) is 7.84. The van der Waals surface area contributed by atoms with E-state index >= 15 is 0 Å². The van der Waals surface area contributed by atoms with E-state index in [1.54, 1.807) is 0 Å². The lowest BCUT2D eigenvalue weighted by atomic mass is 9.75. The fourth-order valence-electron chi connectivity index (χ4n) is 3.41. The highest BCUT2D eigenvalue weighted by Gasteiger charge is 2.31. The molecule has 0 heterocycles. The first-order chi connectivity index (χ1) is 9.50. The lowest BCUT2D eigenvalue weighted by molar-refractivity contribution is -0.140. The summed E-state index contributed by atoms with van der Waals surface area (Å²) in [5, 5.41) is 9.73. The van der Waals surface area contributed by atoms with Crippen LogP contribution in [0.4, 0.5) is 0 Å². The summed E-state index contributed by atoms with van der Waals surface area (Å²) in [5.74, 6) is -0.229. The number of aliphatic carboxylic acids is 1. The Hall–Kier alpha value is -1.31. The third-order valence-electron chi connectivity index (χ3n) is 4.69. The molecule has 1 aromatic carbocycles. The average molecular weight is 274 g/mol. The molecule has 110 valence electrons. The molecule has 0 saturated heterocycles. The Morgan fingerprint density at radius 3 is 2.40 bits per heavy atom. The van der Waals surface area contributed by atoms with E-state index in [-0.39, 0.29) is 5.92 Å². The molecule has 1 fully saturated rings. The van der Waals surface area contributed by atoms with Crippen LogP contribution in [0.15, 0.2) is 18.2 Å². The standard InChI is InChI=1S/C18H26O2/c1-12(2)15-10-9-13(3)16(11-15)17(18(19)20)14-7-5-4-6-8-14/h9-12,14,17H,4-8H2,1-3H3,(H,19,20). The summed E-state index contributed by atoms with van der Waals surface area (Å²) in [7, 11) is 0. The highest BCUT2D eigenvalue weighted by molar-refractivity contribution is 5.77. The molecule has 2 rings (SSSR count). The number of aryl methyl sites for hydroxylation is 1. The lowest BCUT2D eigenvalue weighted by Gasteiger charge is -2.29. The van der Waals surface area contributed by atoms with Crippen LogP contribution in [0.5, 0.6) is 0 Å². The van der Waals surface area contributed by atoms with Gasteiger partial charge in [0, 0.05) is 0 Å². The lowest BCUT2D eigenvalue weighted by Crippen LogP contribution is -2.24. The molecule has 0 radical (unpaired) electrons. The van der Waals surface area contributed by atoms with E-state index in [0.29, 0.717) is 11.8 Å². The second-order valence-corrected chi connectivity index (χ2v) is 6.48. The van der Waals surface area contributed by atoms with Crippen molar-refractivity contribution in [3.63, 3.8) is 0 Å². The van der Waals surface area contributed by atoms with Crippen LogP contribution < -0.4 is 0 Å². The number of carbonyl (C=O) groups is 1. The fraction of sp³-hybridized carbons (Fsp3) is 0.611. The van der Waals surface area contributed by atoms with Crippen LogP contribution in [0.2, 0.25) is 0 Å². The minimum atomic E-state index is -0.652. The maximum absolute atomic E-state index is 11.8. The van der Waals surface area contributed by atoms with Crippen molar-refractivity contribution in [1.82, 2.24) is 0 Å². The summed E-state index contributed by atoms with van der Waals surface area (Å²) < 4.78 is 0. The van der Waals surface area contributed by atoms with Crippen LogP contribution in [0, 0.1) is 12.8 Å². The Bertz CT molecular complexity index is 470. The zero-order chi connectivity index (χ0) is 14.7. The molecule has 0 aromatic heterocycles. The zero-order valence-corrected chi connectivity index (χ0v) is 12.9. The van der Waals surface area contributed by atoms with Gasteiger partial charge in [0.25, 0.3) is 0 Å². The van der Waals surface area contributed by atoms with Crippen molar-refractivity contribution < 1.29 is 9.90 Å². The third kappa shape index (κ3) is 3.23. The number of rotatable bonds is 4. The van der Waals surface area contributed by atoms with Gasteiger partial charge in [0.1, 0.15) is 0 Å². The molecule has 0 spiro atoms. The molecule has 0 bridgehead atoms. The van der Waals surface area contributed by atoms with Crippen LogP contribution in [-0.2, 0) is 4.79 Å². The molecule has 1 saturated carbocycles. The van der Waals surface area contributed by atoms with Gasteiger partial charge in [0.05, 0.1) is 5.92 Å². The van der Waals surface area contributed by atoms with Crippen LogP contribution in [0.1, 0.15) is 74.5 Å². The van der Waals surface area contributed by atoms with Gasteiger partial charge in [0.15, 0.2) is 0 Å². The Balaban J connectivity index is 2.37. The van der Waals surface area contributed by atoms with E-state index < -0.39 is 5.97 Å². The van der Waals surface area contributed by atoms with Gasteiger partial charge in [-0.25, -0.2) is 0 Å². The summed E-state index contributed by atoms with van der Waals surface area (Å²) >= 11 is 0. The molecule has 2 nitrogen and oxygen atoms in total. The van der Waals surface area contributed by atoms with Crippen LogP contribution >= 0.6 is 0 Å². The van der Waals surface area contributed by atoms with Crippen molar-refractivity contribution in [3.05, 3.63) is 34.9 Å². The van der Waals surface area contributed by atoms with Gasteiger partial charge < -0.3 is 5.11 Å².